The lowest BCUT2D eigenvalue weighted by molar-refractivity contribution is -0.120. The van der Waals surface area contributed by atoms with Crippen LogP contribution in [0.15, 0.2) is 36.7 Å². The number of anilines is 3. The third-order valence-electron chi connectivity index (χ3n) is 5.58. The Bertz CT molecular complexity index is 777. The highest BCUT2D eigenvalue weighted by Gasteiger charge is 2.26. The summed E-state index contributed by atoms with van der Waals surface area (Å²) in [5.41, 5.74) is 2.07. The topological polar surface area (TPSA) is 61.4 Å². The molecule has 2 aromatic rings. The van der Waals surface area contributed by atoms with E-state index in [0.717, 1.165) is 56.3 Å². The van der Waals surface area contributed by atoms with Gasteiger partial charge in [0.1, 0.15) is 18.0 Å². The lowest BCUT2D eigenvalue weighted by Gasteiger charge is -2.32. The standard InChI is InChI=1S/C21H27N5O/c1-16-4-6-18(7-5-16)24-21(27)17-8-12-26(13-9-17)20-14-19(22-15-23-20)25-10-2-3-11-25/h4-7,14-15,17H,2-3,8-13H2,1H3,(H,24,27). The average molecular weight is 365 g/mol. The molecule has 1 aromatic heterocycles. The number of aryl methyl sites for hydroxylation is 1. The Labute approximate surface area is 160 Å². The number of nitrogens with zero attached hydrogens (tertiary/aromatic N) is 4. The number of amides is 1. The van der Waals surface area contributed by atoms with Crippen LogP contribution in [0.25, 0.3) is 0 Å². The van der Waals surface area contributed by atoms with Gasteiger partial charge in [-0.25, -0.2) is 9.97 Å². The largest absolute Gasteiger partial charge is 0.356 e. The highest BCUT2D eigenvalue weighted by molar-refractivity contribution is 5.92. The summed E-state index contributed by atoms with van der Waals surface area (Å²) in [4.78, 5) is 26.1. The fraction of sp³-hybridized carbons (Fsp3) is 0.476. The van der Waals surface area contributed by atoms with Crippen molar-refractivity contribution >= 4 is 23.2 Å². The van der Waals surface area contributed by atoms with Crippen LogP contribution < -0.4 is 15.1 Å². The van der Waals surface area contributed by atoms with Crippen molar-refractivity contribution in [2.75, 3.05) is 41.3 Å². The van der Waals surface area contributed by atoms with E-state index >= 15 is 0 Å². The number of rotatable bonds is 4. The Kier molecular flexibility index (Phi) is 5.23. The van der Waals surface area contributed by atoms with Crippen LogP contribution >= 0.6 is 0 Å². The molecule has 4 rings (SSSR count). The summed E-state index contributed by atoms with van der Waals surface area (Å²) in [7, 11) is 0. The van der Waals surface area contributed by atoms with Gasteiger partial charge in [0.2, 0.25) is 5.91 Å². The lowest BCUT2D eigenvalue weighted by Crippen LogP contribution is -2.38. The van der Waals surface area contributed by atoms with Crippen LogP contribution in [0.2, 0.25) is 0 Å². The van der Waals surface area contributed by atoms with Gasteiger partial charge < -0.3 is 15.1 Å². The van der Waals surface area contributed by atoms with Crippen LogP contribution in [0.1, 0.15) is 31.2 Å². The van der Waals surface area contributed by atoms with E-state index in [1.54, 1.807) is 6.33 Å². The first kappa shape index (κ1) is 17.8. The summed E-state index contributed by atoms with van der Waals surface area (Å²) in [6.07, 6.45) is 5.84. The molecule has 2 fully saturated rings. The molecule has 1 aromatic carbocycles. The molecule has 0 bridgehead atoms. The maximum Gasteiger partial charge on any atom is 0.227 e. The van der Waals surface area contributed by atoms with Gasteiger partial charge in [-0.1, -0.05) is 17.7 Å². The first-order chi connectivity index (χ1) is 13.2. The maximum absolute atomic E-state index is 12.6. The van der Waals surface area contributed by atoms with Gasteiger partial charge in [-0.3, -0.25) is 4.79 Å². The predicted octanol–water partition coefficient (Wildman–Crippen LogP) is 3.24. The predicted molar refractivity (Wildman–Crippen MR) is 108 cm³/mol. The van der Waals surface area contributed by atoms with Gasteiger partial charge >= 0.3 is 0 Å². The van der Waals surface area contributed by atoms with Crippen LogP contribution in [-0.2, 0) is 4.79 Å². The SMILES string of the molecule is Cc1ccc(NC(=O)C2CCN(c3cc(N4CCCC4)ncn3)CC2)cc1. The van der Waals surface area contributed by atoms with Crippen molar-refractivity contribution in [3.05, 3.63) is 42.2 Å². The van der Waals surface area contributed by atoms with Gasteiger partial charge in [-0.15, -0.1) is 0 Å². The number of carbonyl (C=O) groups excluding carboxylic acids is 1. The zero-order chi connectivity index (χ0) is 18.6. The zero-order valence-electron chi connectivity index (χ0n) is 15.9. The Balaban J connectivity index is 1.34. The van der Waals surface area contributed by atoms with Crippen molar-refractivity contribution in [3.8, 4) is 0 Å². The number of nitrogens with one attached hydrogen (secondary N) is 1. The molecule has 2 saturated heterocycles. The minimum absolute atomic E-state index is 0.0578. The van der Waals surface area contributed by atoms with E-state index < -0.39 is 0 Å². The van der Waals surface area contributed by atoms with E-state index in [0.29, 0.717) is 0 Å². The second kappa shape index (κ2) is 7.94. The Hall–Kier alpha value is -2.63. The Morgan fingerprint density at radius 2 is 1.56 bits per heavy atom. The second-order valence-electron chi connectivity index (χ2n) is 7.55. The monoisotopic (exact) mass is 365 g/mol. The average Bonchev–Trinajstić information content (AvgIpc) is 3.25. The van der Waals surface area contributed by atoms with Crippen LogP contribution in [-0.4, -0.2) is 42.1 Å². The van der Waals surface area contributed by atoms with E-state index in [4.69, 9.17) is 0 Å². The van der Waals surface area contributed by atoms with E-state index in [1.807, 2.05) is 31.2 Å². The van der Waals surface area contributed by atoms with Crippen molar-refractivity contribution < 1.29 is 4.79 Å². The lowest BCUT2D eigenvalue weighted by atomic mass is 9.95. The molecular weight excluding hydrogens is 338 g/mol. The molecular formula is C21H27N5O. The number of benzene rings is 1. The van der Waals surface area contributed by atoms with Crippen LogP contribution in [0.4, 0.5) is 17.3 Å². The van der Waals surface area contributed by atoms with Crippen molar-refractivity contribution in [3.63, 3.8) is 0 Å². The van der Waals surface area contributed by atoms with E-state index in [-0.39, 0.29) is 11.8 Å². The van der Waals surface area contributed by atoms with E-state index in [2.05, 4.69) is 31.2 Å². The maximum atomic E-state index is 12.6. The molecule has 1 amide bonds. The molecule has 0 spiro atoms. The Morgan fingerprint density at radius 3 is 2.19 bits per heavy atom. The summed E-state index contributed by atoms with van der Waals surface area (Å²) in [6.45, 7) is 5.91. The molecule has 0 unspecified atom stereocenters. The number of piperidine rings is 1. The van der Waals surface area contributed by atoms with E-state index in [9.17, 15) is 4.79 Å². The molecule has 6 nitrogen and oxygen atoms in total. The first-order valence-electron chi connectivity index (χ1n) is 9.88. The van der Waals surface area contributed by atoms with Crippen LogP contribution in [0.5, 0.6) is 0 Å². The quantitative estimate of drug-likeness (QED) is 0.901. The highest BCUT2D eigenvalue weighted by atomic mass is 16.1. The van der Waals surface area contributed by atoms with Gasteiger partial charge in [-0.2, -0.15) is 0 Å². The number of aromatic nitrogens is 2. The summed E-state index contributed by atoms with van der Waals surface area (Å²) >= 11 is 0. The molecule has 0 saturated carbocycles. The summed E-state index contributed by atoms with van der Waals surface area (Å²) in [5, 5.41) is 3.05. The number of hydrogen-bond acceptors (Lipinski definition) is 5. The molecule has 0 atom stereocenters. The number of carbonyl (C=O) groups is 1. The van der Waals surface area contributed by atoms with Crippen molar-refractivity contribution in [1.82, 2.24) is 9.97 Å². The molecule has 3 heterocycles. The fourth-order valence-electron chi connectivity index (χ4n) is 3.88. The third kappa shape index (κ3) is 4.21. The molecule has 0 aliphatic carbocycles. The van der Waals surface area contributed by atoms with Gasteiger partial charge in [0.15, 0.2) is 0 Å². The van der Waals surface area contributed by atoms with Crippen molar-refractivity contribution in [2.45, 2.75) is 32.6 Å². The summed E-state index contributed by atoms with van der Waals surface area (Å²) in [5.74, 6) is 2.18. The minimum atomic E-state index is 0.0578. The summed E-state index contributed by atoms with van der Waals surface area (Å²) in [6, 6.07) is 10.1. The number of hydrogen-bond donors (Lipinski definition) is 1. The second-order valence-corrected chi connectivity index (χ2v) is 7.55. The minimum Gasteiger partial charge on any atom is -0.356 e. The molecule has 6 heteroatoms. The van der Waals surface area contributed by atoms with Gasteiger partial charge in [-0.05, 0) is 44.7 Å². The zero-order valence-corrected chi connectivity index (χ0v) is 15.9. The normalized spacial score (nSPS) is 18.0. The highest BCUT2D eigenvalue weighted by Crippen LogP contribution is 2.26. The van der Waals surface area contributed by atoms with Gasteiger partial charge in [0.05, 0.1) is 0 Å². The summed E-state index contributed by atoms with van der Waals surface area (Å²) < 4.78 is 0. The molecule has 27 heavy (non-hydrogen) atoms. The van der Waals surface area contributed by atoms with E-state index in [1.165, 1.54) is 18.4 Å². The van der Waals surface area contributed by atoms with Crippen molar-refractivity contribution in [2.24, 2.45) is 5.92 Å². The molecule has 142 valence electrons. The Morgan fingerprint density at radius 1 is 0.963 bits per heavy atom. The van der Waals surface area contributed by atoms with Crippen LogP contribution in [0.3, 0.4) is 0 Å². The van der Waals surface area contributed by atoms with Crippen molar-refractivity contribution in [1.29, 1.82) is 0 Å². The first-order valence-corrected chi connectivity index (χ1v) is 9.88. The van der Waals surface area contributed by atoms with Crippen LogP contribution in [0, 0.1) is 12.8 Å². The smallest absolute Gasteiger partial charge is 0.227 e. The molecule has 2 aliphatic heterocycles. The fourth-order valence-corrected chi connectivity index (χ4v) is 3.88. The molecule has 1 N–H and O–H groups in total. The molecule has 2 aliphatic rings. The van der Waals surface area contributed by atoms with Gasteiger partial charge in [0.25, 0.3) is 0 Å². The third-order valence-corrected chi connectivity index (χ3v) is 5.58. The molecule has 0 radical (unpaired) electrons. The van der Waals surface area contributed by atoms with Gasteiger partial charge in [0, 0.05) is 43.9 Å².